The first-order valence-corrected chi connectivity index (χ1v) is 8.34. The van der Waals surface area contributed by atoms with Gasteiger partial charge in [0.25, 0.3) is 5.91 Å². The van der Waals surface area contributed by atoms with Crippen molar-refractivity contribution in [2.45, 2.75) is 0 Å². The van der Waals surface area contributed by atoms with Gasteiger partial charge in [-0.3, -0.25) is 15.1 Å². The number of fused-ring (bicyclic) bond motifs is 1. The molecule has 24 heavy (non-hydrogen) atoms. The summed E-state index contributed by atoms with van der Waals surface area (Å²) in [6.07, 6.45) is 3.19. The molecular formula is C19H13N3OS. The van der Waals surface area contributed by atoms with Crippen LogP contribution in [-0.2, 0) is 0 Å². The average Bonchev–Trinajstić information content (AvgIpc) is 3.10. The number of amides is 1. The van der Waals surface area contributed by atoms with Crippen LogP contribution < -0.4 is 5.32 Å². The van der Waals surface area contributed by atoms with Crippen LogP contribution in [-0.4, -0.2) is 15.9 Å². The lowest BCUT2D eigenvalue weighted by Crippen LogP contribution is -2.11. The van der Waals surface area contributed by atoms with E-state index >= 15 is 0 Å². The first-order chi connectivity index (χ1) is 11.8. The van der Waals surface area contributed by atoms with Crippen molar-refractivity contribution < 1.29 is 4.79 Å². The molecule has 1 amide bonds. The minimum Gasteiger partial charge on any atom is -0.298 e. The van der Waals surface area contributed by atoms with E-state index in [9.17, 15) is 4.79 Å². The van der Waals surface area contributed by atoms with Gasteiger partial charge in [-0.05, 0) is 29.0 Å². The van der Waals surface area contributed by atoms with Crippen LogP contribution >= 0.6 is 11.3 Å². The number of carbonyl (C=O) groups is 1. The normalized spacial score (nSPS) is 10.7. The number of nitrogens with zero attached hydrogens (tertiary/aromatic N) is 2. The third-order valence-corrected chi connectivity index (χ3v) is 4.47. The third-order valence-electron chi connectivity index (χ3n) is 3.71. The van der Waals surface area contributed by atoms with Gasteiger partial charge >= 0.3 is 0 Å². The van der Waals surface area contributed by atoms with Gasteiger partial charge in [0.05, 0.1) is 5.69 Å². The van der Waals surface area contributed by atoms with Gasteiger partial charge in [0, 0.05) is 28.9 Å². The van der Waals surface area contributed by atoms with E-state index in [0.717, 1.165) is 11.3 Å². The zero-order valence-electron chi connectivity index (χ0n) is 12.6. The predicted octanol–water partition coefficient (Wildman–Crippen LogP) is 4.61. The molecule has 1 N–H and O–H groups in total. The summed E-state index contributed by atoms with van der Waals surface area (Å²) in [6, 6.07) is 17.8. The van der Waals surface area contributed by atoms with Crippen LogP contribution in [0, 0.1) is 0 Å². The molecule has 0 aliphatic rings. The fraction of sp³-hybridized carbons (Fsp3) is 0. The highest BCUT2D eigenvalue weighted by Crippen LogP contribution is 2.27. The van der Waals surface area contributed by atoms with E-state index < -0.39 is 0 Å². The van der Waals surface area contributed by atoms with E-state index in [1.165, 1.54) is 22.1 Å². The molecule has 4 aromatic rings. The first kappa shape index (κ1) is 14.5. The SMILES string of the molecule is O=C(Nc1nc(-c2ccc3ccccc3c2)cs1)c1ccncc1. The quantitative estimate of drug-likeness (QED) is 0.596. The number of anilines is 1. The van der Waals surface area contributed by atoms with Gasteiger partial charge in [-0.2, -0.15) is 0 Å². The molecule has 0 aliphatic heterocycles. The van der Waals surface area contributed by atoms with Crippen molar-refractivity contribution in [3.05, 3.63) is 77.9 Å². The van der Waals surface area contributed by atoms with E-state index in [2.05, 4.69) is 39.6 Å². The van der Waals surface area contributed by atoms with Crippen LogP contribution in [0.4, 0.5) is 5.13 Å². The fourth-order valence-corrected chi connectivity index (χ4v) is 3.20. The summed E-state index contributed by atoms with van der Waals surface area (Å²) < 4.78 is 0. The summed E-state index contributed by atoms with van der Waals surface area (Å²) >= 11 is 1.41. The van der Waals surface area contributed by atoms with Crippen molar-refractivity contribution in [1.29, 1.82) is 0 Å². The van der Waals surface area contributed by atoms with Crippen molar-refractivity contribution >= 4 is 33.1 Å². The molecule has 4 rings (SSSR count). The van der Waals surface area contributed by atoms with Crippen molar-refractivity contribution in [3.63, 3.8) is 0 Å². The molecule has 5 heteroatoms. The highest BCUT2D eigenvalue weighted by Gasteiger charge is 2.10. The van der Waals surface area contributed by atoms with E-state index in [4.69, 9.17) is 0 Å². The van der Waals surface area contributed by atoms with Gasteiger partial charge in [0.15, 0.2) is 5.13 Å². The molecule has 0 spiro atoms. The Kier molecular flexibility index (Phi) is 3.76. The van der Waals surface area contributed by atoms with Gasteiger partial charge in [0.2, 0.25) is 0 Å². The number of thiazole rings is 1. The summed E-state index contributed by atoms with van der Waals surface area (Å²) in [6.45, 7) is 0. The zero-order chi connectivity index (χ0) is 16.4. The van der Waals surface area contributed by atoms with E-state index in [1.807, 2.05) is 23.6 Å². The Bertz CT molecular complexity index is 1010. The monoisotopic (exact) mass is 331 g/mol. The maximum Gasteiger partial charge on any atom is 0.257 e. The fourth-order valence-electron chi connectivity index (χ4n) is 2.48. The molecule has 0 unspecified atom stereocenters. The van der Waals surface area contributed by atoms with Crippen LogP contribution in [0.15, 0.2) is 72.4 Å². The molecule has 0 fully saturated rings. The lowest BCUT2D eigenvalue weighted by molar-refractivity contribution is 0.102. The Morgan fingerprint density at radius 3 is 2.58 bits per heavy atom. The van der Waals surface area contributed by atoms with Gasteiger partial charge in [-0.15, -0.1) is 11.3 Å². The summed E-state index contributed by atoms with van der Waals surface area (Å²) in [5.74, 6) is -0.184. The number of aromatic nitrogens is 2. The van der Waals surface area contributed by atoms with Crippen molar-refractivity contribution in [2.75, 3.05) is 5.32 Å². The van der Waals surface area contributed by atoms with Gasteiger partial charge < -0.3 is 0 Å². The van der Waals surface area contributed by atoms with Gasteiger partial charge in [-0.1, -0.05) is 36.4 Å². The maximum atomic E-state index is 12.2. The molecule has 2 heterocycles. The number of hydrogen-bond donors (Lipinski definition) is 1. The standard InChI is InChI=1S/C19H13N3OS/c23-18(14-7-9-20-10-8-14)22-19-21-17(12-24-19)16-6-5-13-3-1-2-4-15(13)11-16/h1-12H,(H,21,22,23). The second-order valence-corrected chi connectivity index (χ2v) is 6.15. The molecule has 0 radical (unpaired) electrons. The molecular weight excluding hydrogens is 318 g/mol. The van der Waals surface area contributed by atoms with E-state index in [0.29, 0.717) is 10.7 Å². The summed E-state index contributed by atoms with van der Waals surface area (Å²) in [5, 5.41) is 7.73. The molecule has 2 aromatic heterocycles. The largest absolute Gasteiger partial charge is 0.298 e. The van der Waals surface area contributed by atoms with Crippen LogP contribution in [0.2, 0.25) is 0 Å². The molecule has 0 atom stereocenters. The number of rotatable bonds is 3. The Morgan fingerprint density at radius 2 is 1.75 bits per heavy atom. The zero-order valence-corrected chi connectivity index (χ0v) is 13.5. The number of nitrogens with one attached hydrogen (secondary N) is 1. The van der Waals surface area contributed by atoms with Crippen LogP contribution in [0.25, 0.3) is 22.0 Å². The highest BCUT2D eigenvalue weighted by atomic mass is 32.1. The summed E-state index contributed by atoms with van der Waals surface area (Å²) in [7, 11) is 0. The molecule has 116 valence electrons. The van der Waals surface area contributed by atoms with Gasteiger partial charge in [-0.25, -0.2) is 4.98 Å². The lowest BCUT2D eigenvalue weighted by Gasteiger charge is -2.02. The lowest BCUT2D eigenvalue weighted by atomic mass is 10.1. The van der Waals surface area contributed by atoms with E-state index in [-0.39, 0.29) is 5.91 Å². The average molecular weight is 331 g/mol. The summed E-state index contributed by atoms with van der Waals surface area (Å²) in [4.78, 5) is 20.6. The molecule has 2 aromatic carbocycles. The van der Waals surface area contributed by atoms with Crippen LogP contribution in [0.3, 0.4) is 0 Å². The van der Waals surface area contributed by atoms with Crippen molar-refractivity contribution in [2.24, 2.45) is 0 Å². The Balaban J connectivity index is 1.58. The number of pyridine rings is 1. The summed E-state index contributed by atoms with van der Waals surface area (Å²) in [5.41, 5.74) is 2.46. The van der Waals surface area contributed by atoms with Crippen LogP contribution in [0.1, 0.15) is 10.4 Å². The molecule has 4 nitrogen and oxygen atoms in total. The third kappa shape index (κ3) is 2.89. The Morgan fingerprint density at radius 1 is 0.958 bits per heavy atom. The Hall–Kier alpha value is -3.05. The van der Waals surface area contributed by atoms with E-state index in [1.54, 1.807) is 24.5 Å². The number of carbonyl (C=O) groups excluding carboxylic acids is 1. The highest BCUT2D eigenvalue weighted by molar-refractivity contribution is 7.14. The van der Waals surface area contributed by atoms with Crippen molar-refractivity contribution in [1.82, 2.24) is 9.97 Å². The number of hydrogen-bond acceptors (Lipinski definition) is 4. The Labute approximate surface area is 142 Å². The van der Waals surface area contributed by atoms with Crippen LogP contribution in [0.5, 0.6) is 0 Å². The van der Waals surface area contributed by atoms with Gasteiger partial charge in [0.1, 0.15) is 0 Å². The van der Waals surface area contributed by atoms with Crippen molar-refractivity contribution in [3.8, 4) is 11.3 Å². The minimum absolute atomic E-state index is 0.184. The smallest absolute Gasteiger partial charge is 0.257 e. The topological polar surface area (TPSA) is 54.9 Å². The maximum absolute atomic E-state index is 12.2. The number of benzene rings is 2. The molecule has 0 saturated heterocycles. The first-order valence-electron chi connectivity index (χ1n) is 7.46. The molecule has 0 bridgehead atoms. The molecule has 0 aliphatic carbocycles. The molecule has 0 saturated carbocycles. The minimum atomic E-state index is -0.184. The predicted molar refractivity (Wildman–Crippen MR) is 97.2 cm³/mol. The second-order valence-electron chi connectivity index (χ2n) is 5.29. The second kappa shape index (κ2) is 6.22.